The van der Waals surface area contributed by atoms with Gasteiger partial charge in [-0.05, 0) is 45.8 Å². The van der Waals surface area contributed by atoms with Crippen molar-refractivity contribution in [3.8, 4) is 0 Å². The van der Waals surface area contributed by atoms with Crippen LogP contribution in [0.25, 0.3) is 0 Å². The van der Waals surface area contributed by atoms with Gasteiger partial charge in [-0.25, -0.2) is 0 Å². The Labute approximate surface area is 76.1 Å². The van der Waals surface area contributed by atoms with Crippen molar-refractivity contribution in [1.82, 2.24) is 4.90 Å². The molecule has 0 bridgehead atoms. The second-order valence-electron chi connectivity index (χ2n) is 3.88. The molecule has 1 unspecified atom stereocenters. The van der Waals surface area contributed by atoms with Crippen molar-refractivity contribution in [2.24, 2.45) is 5.73 Å². The number of likely N-dealkylation sites (tertiary alicyclic amines) is 1. The van der Waals surface area contributed by atoms with E-state index in [1.165, 1.54) is 38.8 Å². The quantitative estimate of drug-likeness (QED) is 0.697. The minimum atomic E-state index is 0.702. The first kappa shape index (κ1) is 10.0. The van der Waals surface area contributed by atoms with E-state index in [1.54, 1.807) is 0 Å². The van der Waals surface area contributed by atoms with Crippen LogP contribution in [0.1, 0.15) is 39.0 Å². The van der Waals surface area contributed by atoms with E-state index in [1.807, 2.05) is 0 Å². The first-order valence-corrected chi connectivity index (χ1v) is 5.28. The average molecular weight is 170 g/mol. The van der Waals surface area contributed by atoms with Gasteiger partial charge in [0, 0.05) is 6.04 Å². The third-order valence-corrected chi connectivity index (χ3v) is 2.85. The molecule has 2 heteroatoms. The third-order valence-electron chi connectivity index (χ3n) is 2.85. The molecular weight excluding hydrogens is 148 g/mol. The third kappa shape index (κ3) is 3.11. The Morgan fingerprint density at radius 3 is 2.25 bits per heavy atom. The maximum Gasteiger partial charge on any atom is 0.00789 e. The van der Waals surface area contributed by atoms with Crippen LogP contribution >= 0.6 is 0 Å². The lowest BCUT2D eigenvalue weighted by Crippen LogP contribution is -2.35. The lowest BCUT2D eigenvalue weighted by Gasteiger charge is -2.26. The summed E-state index contributed by atoms with van der Waals surface area (Å²) in [5.41, 5.74) is 5.55. The largest absolute Gasteiger partial charge is 0.330 e. The predicted molar refractivity (Wildman–Crippen MR) is 53.2 cm³/mol. The fourth-order valence-corrected chi connectivity index (χ4v) is 1.96. The standard InChI is InChI=1S/C10H22N2/c1-10(6-7-11)12-8-4-2-3-5-9-12/h10H,2-9,11H2,1H3. The highest BCUT2D eigenvalue weighted by Crippen LogP contribution is 2.13. The summed E-state index contributed by atoms with van der Waals surface area (Å²) in [6.45, 7) is 5.72. The van der Waals surface area contributed by atoms with E-state index in [0.29, 0.717) is 6.04 Å². The van der Waals surface area contributed by atoms with Crippen molar-refractivity contribution in [1.29, 1.82) is 0 Å². The molecule has 2 N–H and O–H groups in total. The van der Waals surface area contributed by atoms with Crippen LogP contribution in [-0.2, 0) is 0 Å². The van der Waals surface area contributed by atoms with Crippen LogP contribution in [-0.4, -0.2) is 30.6 Å². The number of rotatable bonds is 3. The van der Waals surface area contributed by atoms with Crippen molar-refractivity contribution in [3.05, 3.63) is 0 Å². The van der Waals surface area contributed by atoms with Gasteiger partial charge in [-0.15, -0.1) is 0 Å². The summed E-state index contributed by atoms with van der Waals surface area (Å²) in [6, 6.07) is 0.702. The Hall–Kier alpha value is -0.0800. The number of hydrogen-bond acceptors (Lipinski definition) is 2. The molecule has 0 aromatic rings. The zero-order chi connectivity index (χ0) is 8.81. The molecule has 1 rings (SSSR count). The van der Waals surface area contributed by atoms with Crippen LogP contribution in [0.4, 0.5) is 0 Å². The highest BCUT2D eigenvalue weighted by Gasteiger charge is 2.14. The minimum absolute atomic E-state index is 0.702. The SMILES string of the molecule is CC(CCN)N1CCCCCC1. The molecule has 0 aromatic heterocycles. The van der Waals surface area contributed by atoms with E-state index < -0.39 is 0 Å². The van der Waals surface area contributed by atoms with Crippen molar-refractivity contribution in [2.45, 2.75) is 45.1 Å². The van der Waals surface area contributed by atoms with E-state index in [2.05, 4.69) is 11.8 Å². The zero-order valence-corrected chi connectivity index (χ0v) is 8.26. The van der Waals surface area contributed by atoms with Crippen LogP contribution in [0.5, 0.6) is 0 Å². The lowest BCUT2D eigenvalue weighted by atomic mass is 10.2. The van der Waals surface area contributed by atoms with Gasteiger partial charge in [0.1, 0.15) is 0 Å². The minimum Gasteiger partial charge on any atom is -0.330 e. The summed E-state index contributed by atoms with van der Waals surface area (Å²) >= 11 is 0. The number of nitrogens with two attached hydrogens (primary N) is 1. The second kappa shape index (κ2) is 5.55. The van der Waals surface area contributed by atoms with Crippen LogP contribution < -0.4 is 5.73 Å². The normalized spacial score (nSPS) is 23.5. The van der Waals surface area contributed by atoms with Gasteiger partial charge >= 0.3 is 0 Å². The van der Waals surface area contributed by atoms with Crippen LogP contribution in [0.3, 0.4) is 0 Å². The van der Waals surface area contributed by atoms with E-state index in [9.17, 15) is 0 Å². The Balaban J connectivity index is 2.27. The molecule has 0 aromatic carbocycles. The Kier molecular flexibility index (Phi) is 4.62. The molecule has 1 atom stereocenters. The molecule has 1 heterocycles. The molecule has 1 saturated heterocycles. The number of hydrogen-bond donors (Lipinski definition) is 1. The van der Waals surface area contributed by atoms with Crippen molar-refractivity contribution in [2.75, 3.05) is 19.6 Å². The maximum absolute atomic E-state index is 5.55. The molecule has 0 radical (unpaired) electrons. The molecule has 1 aliphatic heterocycles. The first-order chi connectivity index (χ1) is 5.84. The molecule has 0 amide bonds. The van der Waals surface area contributed by atoms with Crippen LogP contribution in [0.2, 0.25) is 0 Å². The van der Waals surface area contributed by atoms with Gasteiger partial charge in [-0.2, -0.15) is 0 Å². The summed E-state index contributed by atoms with van der Waals surface area (Å²) in [5, 5.41) is 0. The first-order valence-electron chi connectivity index (χ1n) is 5.28. The van der Waals surface area contributed by atoms with Gasteiger partial charge < -0.3 is 10.6 Å². The Morgan fingerprint density at radius 2 is 1.75 bits per heavy atom. The van der Waals surface area contributed by atoms with E-state index >= 15 is 0 Å². The summed E-state index contributed by atoms with van der Waals surface area (Å²) in [6.07, 6.45) is 6.77. The smallest absolute Gasteiger partial charge is 0.00789 e. The average Bonchev–Trinajstić information content (AvgIpc) is 2.32. The molecule has 0 aliphatic carbocycles. The topological polar surface area (TPSA) is 29.3 Å². The molecule has 1 aliphatic rings. The summed E-state index contributed by atoms with van der Waals surface area (Å²) in [4.78, 5) is 2.60. The van der Waals surface area contributed by atoms with Gasteiger partial charge in [0.05, 0.1) is 0 Å². The maximum atomic E-state index is 5.55. The van der Waals surface area contributed by atoms with Crippen molar-refractivity contribution < 1.29 is 0 Å². The van der Waals surface area contributed by atoms with Gasteiger partial charge in [-0.3, -0.25) is 0 Å². The fraction of sp³-hybridized carbons (Fsp3) is 1.00. The molecule has 72 valence electrons. The summed E-state index contributed by atoms with van der Waals surface area (Å²) in [7, 11) is 0. The van der Waals surface area contributed by atoms with Crippen molar-refractivity contribution in [3.63, 3.8) is 0 Å². The second-order valence-corrected chi connectivity index (χ2v) is 3.88. The Bertz CT molecular complexity index is 106. The molecule has 0 saturated carbocycles. The highest BCUT2D eigenvalue weighted by atomic mass is 15.1. The van der Waals surface area contributed by atoms with E-state index in [0.717, 1.165) is 13.0 Å². The van der Waals surface area contributed by atoms with Crippen LogP contribution in [0, 0.1) is 0 Å². The lowest BCUT2D eigenvalue weighted by molar-refractivity contribution is 0.209. The van der Waals surface area contributed by atoms with E-state index in [-0.39, 0.29) is 0 Å². The molecule has 2 nitrogen and oxygen atoms in total. The predicted octanol–water partition coefficient (Wildman–Crippen LogP) is 1.60. The highest BCUT2D eigenvalue weighted by molar-refractivity contribution is 4.70. The van der Waals surface area contributed by atoms with Gasteiger partial charge in [0.25, 0.3) is 0 Å². The molecular formula is C10H22N2. The van der Waals surface area contributed by atoms with Gasteiger partial charge in [0.15, 0.2) is 0 Å². The monoisotopic (exact) mass is 170 g/mol. The van der Waals surface area contributed by atoms with E-state index in [4.69, 9.17) is 5.73 Å². The zero-order valence-electron chi connectivity index (χ0n) is 8.26. The van der Waals surface area contributed by atoms with Gasteiger partial charge in [-0.1, -0.05) is 12.8 Å². The molecule has 0 spiro atoms. The Morgan fingerprint density at radius 1 is 1.17 bits per heavy atom. The van der Waals surface area contributed by atoms with Crippen LogP contribution in [0.15, 0.2) is 0 Å². The molecule has 1 fully saturated rings. The fourth-order valence-electron chi connectivity index (χ4n) is 1.96. The van der Waals surface area contributed by atoms with Crippen molar-refractivity contribution >= 4 is 0 Å². The van der Waals surface area contributed by atoms with Gasteiger partial charge in [0.2, 0.25) is 0 Å². The summed E-state index contributed by atoms with van der Waals surface area (Å²) < 4.78 is 0. The summed E-state index contributed by atoms with van der Waals surface area (Å²) in [5.74, 6) is 0. The number of nitrogens with zero attached hydrogens (tertiary/aromatic N) is 1. The molecule has 12 heavy (non-hydrogen) atoms.